The van der Waals surface area contributed by atoms with Crippen LogP contribution in [0.1, 0.15) is 18.6 Å². The van der Waals surface area contributed by atoms with E-state index in [1.807, 2.05) is 13.1 Å². The Bertz CT molecular complexity index is 531. The van der Waals surface area contributed by atoms with Crippen LogP contribution >= 0.6 is 0 Å². The highest BCUT2D eigenvalue weighted by atomic mass is 19.1. The van der Waals surface area contributed by atoms with E-state index in [-0.39, 0.29) is 19.9 Å². The summed E-state index contributed by atoms with van der Waals surface area (Å²) in [4.78, 5) is 7.01. The van der Waals surface area contributed by atoms with Gasteiger partial charge >= 0.3 is 0 Å². The van der Waals surface area contributed by atoms with Crippen molar-refractivity contribution < 1.29 is 14.5 Å². The number of benzene rings is 1. The largest absolute Gasteiger partial charge is 0.360 e. The normalized spacial score (nSPS) is 11.0. The molecule has 0 fully saturated rings. The molecule has 3 nitrogen and oxygen atoms in total. The number of fused-ring (bicyclic) bond motifs is 1. The fraction of sp³-hybridized carbons (Fsp3) is 0.231. The SMILES string of the molecule is C.Cc1c[nH]c2c(/C=C/COO)cc(F)cc12. The Balaban J connectivity index is 0.00000144. The van der Waals surface area contributed by atoms with Crippen molar-refractivity contribution in [3.8, 4) is 0 Å². The molecule has 0 saturated carbocycles. The molecule has 92 valence electrons. The van der Waals surface area contributed by atoms with Gasteiger partial charge < -0.3 is 4.98 Å². The molecule has 1 aromatic carbocycles. The number of rotatable bonds is 3. The lowest BCUT2D eigenvalue weighted by molar-refractivity contribution is -0.231. The number of aryl methyl sites for hydroxylation is 1. The molecule has 0 aliphatic rings. The van der Waals surface area contributed by atoms with Crippen LogP contribution in [0.4, 0.5) is 4.39 Å². The van der Waals surface area contributed by atoms with Gasteiger partial charge in [0.05, 0.1) is 5.52 Å². The van der Waals surface area contributed by atoms with Gasteiger partial charge in [-0.1, -0.05) is 19.6 Å². The van der Waals surface area contributed by atoms with Gasteiger partial charge in [-0.05, 0) is 24.6 Å². The van der Waals surface area contributed by atoms with Crippen LogP contribution in [0.2, 0.25) is 0 Å². The topological polar surface area (TPSA) is 45.2 Å². The first-order chi connectivity index (χ1) is 7.72. The molecular formula is C13H16FNO2. The summed E-state index contributed by atoms with van der Waals surface area (Å²) in [6.45, 7) is 2.00. The minimum Gasteiger partial charge on any atom is -0.360 e. The molecule has 0 atom stereocenters. The number of hydrogen-bond acceptors (Lipinski definition) is 2. The summed E-state index contributed by atoms with van der Waals surface area (Å²) in [5.41, 5.74) is 2.62. The van der Waals surface area contributed by atoms with Gasteiger partial charge in [0.2, 0.25) is 0 Å². The third-order valence-corrected chi connectivity index (χ3v) is 2.46. The fourth-order valence-corrected chi connectivity index (χ4v) is 1.71. The Morgan fingerprint density at radius 1 is 1.47 bits per heavy atom. The van der Waals surface area contributed by atoms with Gasteiger partial charge in [0.15, 0.2) is 0 Å². The van der Waals surface area contributed by atoms with Crippen LogP contribution in [0, 0.1) is 12.7 Å². The van der Waals surface area contributed by atoms with Crippen LogP contribution in [0.15, 0.2) is 24.4 Å². The lowest BCUT2D eigenvalue weighted by Gasteiger charge is -1.99. The number of halogens is 1. The summed E-state index contributed by atoms with van der Waals surface area (Å²) >= 11 is 0. The minimum atomic E-state index is -0.278. The monoisotopic (exact) mass is 237 g/mol. The Morgan fingerprint density at radius 3 is 2.94 bits per heavy atom. The van der Waals surface area contributed by atoms with Crippen LogP contribution in [-0.4, -0.2) is 16.8 Å². The Kier molecular flexibility index (Phi) is 4.43. The molecule has 4 heteroatoms. The van der Waals surface area contributed by atoms with Gasteiger partial charge in [-0.3, -0.25) is 5.26 Å². The van der Waals surface area contributed by atoms with Gasteiger partial charge in [0, 0.05) is 17.1 Å². The predicted octanol–water partition coefficient (Wildman–Crippen LogP) is 3.75. The van der Waals surface area contributed by atoms with E-state index >= 15 is 0 Å². The molecule has 0 radical (unpaired) electrons. The van der Waals surface area contributed by atoms with Gasteiger partial charge in [-0.2, -0.15) is 0 Å². The number of H-pyrrole nitrogens is 1. The molecule has 0 aliphatic carbocycles. The fourth-order valence-electron chi connectivity index (χ4n) is 1.71. The zero-order valence-corrected chi connectivity index (χ0v) is 8.83. The smallest absolute Gasteiger partial charge is 0.124 e. The second-order valence-corrected chi connectivity index (χ2v) is 3.59. The van der Waals surface area contributed by atoms with E-state index < -0.39 is 0 Å². The van der Waals surface area contributed by atoms with E-state index in [1.165, 1.54) is 12.1 Å². The molecule has 17 heavy (non-hydrogen) atoms. The third kappa shape index (κ3) is 2.72. The van der Waals surface area contributed by atoms with Gasteiger partial charge in [0.25, 0.3) is 0 Å². The van der Waals surface area contributed by atoms with E-state index in [0.717, 1.165) is 22.0 Å². The summed E-state index contributed by atoms with van der Waals surface area (Å²) in [6, 6.07) is 2.94. The van der Waals surface area contributed by atoms with E-state index in [0.29, 0.717) is 0 Å². The van der Waals surface area contributed by atoms with Crippen molar-refractivity contribution in [2.24, 2.45) is 0 Å². The maximum atomic E-state index is 13.3. The lowest BCUT2D eigenvalue weighted by Crippen LogP contribution is -1.84. The first-order valence-corrected chi connectivity index (χ1v) is 4.92. The number of aromatic amines is 1. The van der Waals surface area contributed by atoms with Crippen LogP contribution < -0.4 is 0 Å². The summed E-state index contributed by atoms with van der Waals surface area (Å²) in [5.74, 6) is -0.278. The minimum absolute atomic E-state index is 0. The van der Waals surface area contributed by atoms with Gasteiger partial charge in [-0.25, -0.2) is 9.28 Å². The van der Waals surface area contributed by atoms with Crippen molar-refractivity contribution in [1.29, 1.82) is 0 Å². The van der Waals surface area contributed by atoms with Crippen LogP contribution in [0.5, 0.6) is 0 Å². The molecule has 2 aromatic rings. The number of aromatic nitrogens is 1. The molecule has 2 N–H and O–H groups in total. The van der Waals surface area contributed by atoms with Crippen molar-refractivity contribution in [3.63, 3.8) is 0 Å². The molecule has 0 saturated heterocycles. The third-order valence-electron chi connectivity index (χ3n) is 2.46. The van der Waals surface area contributed by atoms with Crippen LogP contribution in [0.25, 0.3) is 17.0 Å². The number of nitrogens with one attached hydrogen (secondary N) is 1. The van der Waals surface area contributed by atoms with Crippen molar-refractivity contribution >= 4 is 17.0 Å². The second-order valence-electron chi connectivity index (χ2n) is 3.59. The molecule has 1 aromatic heterocycles. The highest BCUT2D eigenvalue weighted by Gasteiger charge is 2.05. The molecule has 1 heterocycles. The Morgan fingerprint density at radius 2 is 2.24 bits per heavy atom. The van der Waals surface area contributed by atoms with Gasteiger partial charge in [0.1, 0.15) is 12.4 Å². The molecule has 0 amide bonds. The Labute approximate surface area is 99.5 Å². The summed E-state index contributed by atoms with van der Waals surface area (Å²) in [5, 5.41) is 9.05. The van der Waals surface area contributed by atoms with E-state index in [4.69, 9.17) is 5.26 Å². The summed E-state index contributed by atoms with van der Waals surface area (Å²) < 4.78 is 13.3. The average Bonchev–Trinajstić information content (AvgIpc) is 2.61. The maximum absolute atomic E-state index is 13.3. The molecule has 2 rings (SSSR count). The highest BCUT2D eigenvalue weighted by Crippen LogP contribution is 2.23. The summed E-state index contributed by atoms with van der Waals surface area (Å²) in [7, 11) is 0. The first-order valence-electron chi connectivity index (χ1n) is 4.92. The van der Waals surface area contributed by atoms with Gasteiger partial charge in [-0.15, -0.1) is 0 Å². The molecule has 0 spiro atoms. The zero-order valence-electron chi connectivity index (χ0n) is 8.83. The predicted molar refractivity (Wildman–Crippen MR) is 67.3 cm³/mol. The van der Waals surface area contributed by atoms with E-state index in [1.54, 1.807) is 12.2 Å². The van der Waals surface area contributed by atoms with E-state index in [2.05, 4.69) is 9.87 Å². The maximum Gasteiger partial charge on any atom is 0.124 e. The average molecular weight is 237 g/mol. The summed E-state index contributed by atoms with van der Waals surface area (Å²) in [6.07, 6.45) is 5.16. The van der Waals surface area contributed by atoms with Crippen LogP contribution in [-0.2, 0) is 4.89 Å². The standard InChI is InChI=1S/C12H12FNO2.CH4/c1-8-7-14-12-9(3-2-4-16-15)5-10(13)6-11(8)12;/h2-3,5-7,14-15H,4H2,1H3;1H4/b3-2+;. The zero-order chi connectivity index (χ0) is 11.5. The molecule has 0 unspecified atom stereocenters. The highest BCUT2D eigenvalue weighted by molar-refractivity contribution is 5.90. The Hall–Kier alpha value is -1.65. The molecular weight excluding hydrogens is 221 g/mol. The lowest BCUT2D eigenvalue weighted by atomic mass is 10.1. The number of hydrogen-bond donors (Lipinski definition) is 2. The van der Waals surface area contributed by atoms with Crippen molar-refractivity contribution in [2.75, 3.05) is 6.61 Å². The molecule has 0 bridgehead atoms. The van der Waals surface area contributed by atoms with Crippen molar-refractivity contribution in [2.45, 2.75) is 14.4 Å². The molecule has 0 aliphatic heterocycles. The first kappa shape index (κ1) is 13.4. The van der Waals surface area contributed by atoms with Crippen molar-refractivity contribution in [1.82, 2.24) is 4.98 Å². The second kappa shape index (κ2) is 5.61. The quantitative estimate of drug-likeness (QED) is 0.630. The van der Waals surface area contributed by atoms with E-state index in [9.17, 15) is 4.39 Å². The van der Waals surface area contributed by atoms with Crippen LogP contribution in [0.3, 0.4) is 0 Å². The van der Waals surface area contributed by atoms with Crippen molar-refractivity contribution in [3.05, 3.63) is 41.3 Å².